The van der Waals surface area contributed by atoms with Crippen molar-refractivity contribution < 1.29 is 9.18 Å². The number of nitrogens with one attached hydrogen (secondary N) is 1. The van der Waals surface area contributed by atoms with Gasteiger partial charge in [-0.2, -0.15) is 5.26 Å². The number of benzene rings is 2. The minimum absolute atomic E-state index is 0.289. The maximum Gasteiger partial charge on any atom is 0.255 e. The Labute approximate surface area is 120 Å². The number of carbonyl (C=O) groups is 1. The van der Waals surface area contributed by atoms with Crippen LogP contribution in [0.2, 0.25) is 0 Å². The van der Waals surface area contributed by atoms with Crippen molar-refractivity contribution in [3.63, 3.8) is 0 Å². The molecule has 100 valence electrons. The van der Waals surface area contributed by atoms with Gasteiger partial charge in [0.05, 0.1) is 11.8 Å². The number of rotatable bonds is 4. The summed E-state index contributed by atoms with van der Waals surface area (Å²) in [5.41, 5.74) is 1.05. The lowest BCUT2D eigenvalue weighted by atomic mass is 10.2. The monoisotopic (exact) mass is 286 g/mol. The van der Waals surface area contributed by atoms with E-state index in [1.54, 1.807) is 12.1 Å². The lowest BCUT2D eigenvalue weighted by molar-refractivity contribution is 0.102. The molecule has 5 heteroatoms. The molecule has 0 spiro atoms. The van der Waals surface area contributed by atoms with Gasteiger partial charge in [-0.3, -0.25) is 4.79 Å². The number of thioether (sulfide) groups is 1. The summed E-state index contributed by atoms with van der Waals surface area (Å²) in [7, 11) is 0. The average molecular weight is 286 g/mol. The smallest absolute Gasteiger partial charge is 0.255 e. The van der Waals surface area contributed by atoms with Gasteiger partial charge < -0.3 is 5.32 Å². The average Bonchev–Trinajstić information content (AvgIpc) is 2.47. The number of anilines is 1. The molecule has 0 atom stereocenters. The molecule has 0 bridgehead atoms. The van der Waals surface area contributed by atoms with Crippen LogP contribution in [0, 0.1) is 17.1 Å². The van der Waals surface area contributed by atoms with Crippen LogP contribution < -0.4 is 5.32 Å². The molecule has 0 aromatic heterocycles. The SMILES string of the molecule is N#CCSc1ccc(NC(=O)c2ccc(F)cc2)cc1. The normalized spacial score (nSPS) is 9.80. The van der Waals surface area contributed by atoms with Crippen LogP contribution in [-0.4, -0.2) is 11.7 Å². The summed E-state index contributed by atoms with van der Waals surface area (Å²) >= 11 is 1.43. The molecule has 0 heterocycles. The van der Waals surface area contributed by atoms with Gasteiger partial charge in [0.2, 0.25) is 0 Å². The molecule has 0 aliphatic heterocycles. The highest BCUT2D eigenvalue weighted by Gasteiger charge is 2.06. The second-order valence-corrected chi connectivity index (χ2v) is 4.98. The molecule has 0 fully saturated rings. The van der Waals surface area contributed by atoms with Gasteiger partial charge in [0.15, 0.2) is 0 Å². The highest BCUT2D eigenvalue weighted by molar-refractivity contribution is 7.99. The van der Waals surface area contributed by atoms with Gasteiger partial charge in [0.25, 0.3) is 5.91 Å². The summed E-state index contributed by atoms with van der Waals surface area (Å²) in [6, 6.07) is 14.6. The van der Waals surface area contributed by atoms with Crippen molar-refractivity contribution in [2.24, 2.45) is 0 Å². The van der Waals surface area contributed by atoms with Crippen LogP contribution >= 0.6 is 11.8 Å². The molecule has 3 nitrogen and oxygen atoms in total. The van der Waals surface area contributed by atoms with E-state index in [1.165, 1.54) is 36.0 Å². The van der Waals surface area contributed by atoms with E-state index in [0.717, 1.165) is 4.90 Å². The maximum absolute atomic E-state index is 12.8. The Bertz CT molecular complexity index is 632. The summed E-state index contributed by atoms with van der Waals surface area (Å²) in [4.78, 5) is 12.9. The fourth-order valence-corrected chi connectivity index (χ4v) is 2.11. The van der Waals surface area contributed by atoms with Gasteiger partial charge in [-0.05, 0) is 48.5 Å². The Morgan fingerprint density at radius 3 is 2.40 bits per heavy atom. The van der Waals surface area contributed by atoms with Crippen LogP contribution in [0.25, 0.3) is 0 Å². The van der Waals surface area contributed by atoms with Crippen LogP contribution in [0.15, 0.2) is 53.4 Å². The van der Waals surface area contributed by atoms with Gasteiger partial charge in [-0.15, -0.1) is 11.8 Å². The Morgan fingerprint density at radius 1 is 1.15 bits per heavy atom. The Morgan fingerprint density at radius 2 is 1.80 bits per heavy atom. The van der Waals surface area contributed by atoms with E-state index in [9.17, 15) is 9.18 Å². The van der Waals surface area contributed by atoms with Crippen molar-refractivity contribution in [2.45, 2.75) is 4.90 Å². The summed E-state index contributed by atoms with van der Waals surface area (Å²) in [6.07, 6.45) is 0. The third-order valence-electron chi connectivity index (χ3n) is 2.52. The largest absolute Gasteiger partial charge is 0.322 e. The predicted octanol–water partition coefficient (Wildman–Crippen LogP) is 3.69. The van der Waals surface area contributed by atoms with Crippen LogP contribution in [0.4, 0.5) is 10.1 Å². The Kier molecular flexibility index (Phi) is 4.75. The first-order valence-corrected chi connectivity index (χ1v) is 6.84. The third-order valence-corrected chi connectivity index (χ3v) is 3.40. The topological polar surface area (TPSA) is 52.9 Å². The zero-order valence-corrected chi connectivity index (χ0v) is 11.3. The number of halogens is 1. The van der Waals surface area contributed by atoms with Crippen molar-refractivity contribution >= 4 is 23.4 Å². The number of hydrogen-bond acceptors (Lipinski definition) is 3. The molecule has 0 radical (unpaired) electrons. The van der Waals surface area contributed by atoms with Crippen molar-refractivity contribution in [2.75, 3.05) is 11.1 Å². The highest BCUT2D eigenvalue weighted by Crippen LogP contribution is 2.20. The van der Waals surface area contributed by atoms with Crippen molar-refractivity contribution in [3.8, 4) is 6.07 Å². The number of nitrogens with zero attached hydrogens (tertiary/aromatic N) is 1. The van der Waals surface area contributed by atoms with Crippen molar-refractivity contribution in [3.05, 3.63) is 59.9 Å². The molecule has 0 unspecified atom stereocenters. The van der Waals surface area contributed by atoms with E-state index in [4.69, 9.17) is 5.26 Å². The summed E-state index contributed by atoms with van der Waals surface area (Å²) in [5, 5.41) is 11.2. The molecule has 1 amide bonds. The maximum atomic E-state index is 12.8. The molecular formula is C15H11FN2OS. The molecule has 20 heavy (non-hydrogen) atoms. The van der Waals surface area contributed by atoms with Gasteiger partial charge in [-0.1, -0.05) is 0 Å². The van der Waals surface area contributed by atoms with E-state index in [1.807, 2.05) is 12.1 Å². The lowest BCUT2D eigenvalue weighted by Crippen LogP contribution is -2.11. The molecule has 2 aromatic rings. The minimum Gasteiger partial charge on any atom is -0.322 e. The molecule has 0 aliphatic rings. The van der Waals surface area contributed by atoms with Crippen LogP contribution in [-0.2, 0) is 0 Å². The highest BCUT2D eigenvalue weighted by atomic mass is 32.2. The molecule has 1 N–H and O–H groups in total. The number of hydrogen-bond donors (Lipinski definition) is 1. The summed E-state index contributed by atoms with van der Waals surface area (Å²) in [5.74, 6) is -0.274. The van der Waals surface area contributed by atoms with Crippen molar-refractivity contribution in [1.82, 2.24) is 0 Å². The van der Waals surface area contributed by atoms with Crippen LogP contribution in [0.5, 0.6) is 0 Å². The van der Waals surface area contributed by atoms with Crippen LogP contribution in [0.1, 0.15) is 10.4 Å². The van der Waals surface area contributed by atoms with E-state index in [-0.39, 0.29) is 11.7 Å². The van der Waals surface area contributed by atoms with E-state index >= 15 is 0 Å². The first kappa shape index (κ1) is 14.1. The quantitative estimate of drug-likeness (QED) is 0.872. The van der Waals surface area contributed by atoms with Gasteiger partial charge in [0.1, 0.15) is 5.82 Å². The van der Waals surface area contributed by atoms with Gasteiger partial charge in [0, 0.05) is 16.1 Å². The van der Waals surface area contributed by atoms with Gasteiger partial charge in [-0.25, -0.2) is 4.39 Å². The second-order valence-electron chi connectivity index (χ2n) is 3.93. The molecule has 0 saturated carbocycles. The number of nitriles is 1. The van der Waals surface area contributed by atoms with Gasteiger partial charge >= 0.3 is 0 Å². The standard InChI is InChI=1S/C15H11FN2OS/c16-12-3-1-11(2-4-12)15(19)18-13-5-7-14(8-6-13)20-10-9-17/h1-8H,10H2,(H,18,19). The molecule has 0 aliphatic carbocycles. The second kappa shape index (κ2) is 6.73. The molecule has 0 saturated heterocycles. The van der Waals surface area contributed by atoms with Crippen molar-refractivity contribution in [1.29, 1.82) is 5.26 Å². The first-order valence-electron chi connectivity index (χ1n) is 5.86. The summed E-state index contributed by atoms with van der Waals surface area (Å²) < 4.78 is 12.8. The molecule has 2 aromatic carbocycles. The zero-order chi connectivity index (χ0) is 14.4. The zero-order valence-electron chi connectivity index (χ0n) is 10.5. The number of amides is 1. The third kappa shape index (κ3) is 3.84. The van der Waals surface area contributed by atoms with E-state index < -0.39 is 0 Å². The van der Waals surface area contributed by atoms with Crippen LogP contribution in [0.3, 0.4) is 0 Å². The molecule has 2 rings (SSSR count). The van der Waals surface area contributed by atoms with E-state index in [0.29, 0.717) is 17.0 Å². The first-order chi connectivity index (χ1) is 9.69. The lowest BCUT2D eigenvalue weighted by Gasteiger charge is -2.06. The Hall–Kier alpha value is -2.32. The predicted molar refractivity (Wildman–Crippen MR) is 77.1 cm³/mol. The fraction of sp³-hybridized carbons (Fsp3) is 0.0667. The fourth-order valence-electron chi connectivity index (χ4n) is 1.55. The number of carbonyl (C=O) groups excluding carboxylic acids is 1. The van der Waals surface area contributed by atoms with E-state index in [2.05, 4.69) is 11.4 Å². The molecular weight excluding hydrogens is 275 g/mol. The summed E-state index contributed by atoms with van der Waals surface area (Å²) in [6.45, 7) is 0. The minimum atomic E-state index is -0.375. The Balaban J connectivity index is 2.01.